The molecule has 0 atom stereocenters. The van der Waals surface area contributed by atoms with E-state index in [9.17, 15) is 8.42 Å². The van der Waals surface area contributed by atoms with Gasteiger partial charge in [-0.05, 0) is 38.1 Å². The summed E-state index contributed by atoms with van der Waals surface area (Å²) in [5.74, 6) is 0.667. The second-order valence-corrected chi connectivity index (χ2v) is 7.33. The van der Waals surface area contributed by atoms with Crippen molar-refractivity contribution < 1.29 is 8.42 Å². The van der Waals surface area contributed by atoms with Crippen LogP contribution >= 0.6 is 11.3 Å². The lowest BCUT2D eigenvalue weighted by atomic mass is 10.2. The van der Waals surface area contributed by atoms with Gasteiger partial charge in [0.15, 0.2) is 0 Å². The number of nitrogens with zero attached hydrogens (tertiary/aromatic N) is 3. The summed E-state index contributed by atoms with van der Waals surface area (Å²) in [6.07, 6.45) is 2.53. The van der Waals surface area contributed by atoms with Crippen molar-refractivity contribution in [3.8, 4) is 0 Å². The number of hydrogen-bond acceptors (Lipinski definition) is 5. The van der Waals surface area contributed by atoms with Crippen molar-refractivity contribution >= 4 is 21.4 Å². The molecule has 0 bridgehead atoms. The minimum Gasteiger partial charge on any atom is -0.298 e. The van der Waals surface area contributed by atoms with Crippen molar-refractivity contribution in [2.75, 3.05) is 0 Å². The van der Waals surface area contributed by atoms with E-state index in [2.05, 4.69) is 16.3 Å². The van der Waals surface area contributed by atoms with Crippen LogP contribution < -0.4 is 5.14 Å². The zero-order chi connectivity index (χ0) is 14.8. The van der Waals surface area contributed by atoms with Crippen molar-refractivity contribution in [2.45, 2.75) is 44.3 Å². The van der Waals surface area contributed by atoms with Gasteiger partial charge in [0.1, 0.15) is 5.82 Å². The fourth-order valence-electron chi connectivity index (χ4n) is 2.07. The summed E-state index contributed by atoms with van der Waals surface area (Å²) in [7, 11) is -3.83. The fourth-order valence-corrected chi connectivity index (χ4v) is 3.56. The minimum absolute atomic E-state index is 0.0462. The van der Waals surface area contributed by atoms with Gasteiger partial charge in [-0.25, -0.2) is 13.6 Å². The van der Waals surface area contributed by atoms with Crippen molar-refractivity contribution in [1.82, 2.24) is 14.8 Å². The summed E-state index contributed by atoms with van der Waals surface area (Å²) >= 11 is 1.72. The smallest absolute Gasteiger partial charge is 0.273 e. The normalized spacial score (nSPS) is 12.2. The highest BCUT2D eigenvalue weighted by atomic mass is 32.2. The minimum atomic E-state index is -3.83. The molecule has 2 aromatic heterocycles. The summed E-state index contributed by atoms with van der Waals surface area (Å²) in [6, 6.07) is 4.07. The van der Waals surface area contributed by atoms with E-state index in [0.29, 0.717) is 12.2 Å². The number of aryl methyl sites for hydroxylation is 2. The molecular weight excluding hydrogens is 296 g/mol. The average molecular weight is 314 g/mol. The lowest BCUT2D eigenvalue weighted by molar-refractivity contribution is 0.501. The van der Waals surface area contributed by atoms with Crippen molar-refractivity contribution in [2.24, 2.45) is 5.14 Å². The SMILES string of the molecule is CC(C)n1c(CCCc2cccs2)nnc1S(N)(=O)=O. The van der Waals surface area contributed by atoms with Crippen LogP contribution in [-0.2, 0) is 22.9 Å². The molecule has 0 saturated heterocycles. The molecule has 0 unspecified atom stereocenters. The Morgan fingerprint density at radius 1 is 1.35 bits per heavy atom. The number of rotatable bonds is 6. The standard InChI is InChI=1S/C12H18N4O2S2/c1-9(2)16-11(14-15-12(16)20(13,17)18)7-3-5-10-6-4-8-19-10/h4,6,8-9H,3,5,7H2,1-2H3,(H2,13,17,18). The number of nitrogens with two attached hydrogens (primary N) is 1. The van der Waals surface area contributed by atoms with E-state index in [4.69, 9.17) is 5.14 Å². The summed E-state index contributed by atoms with van der Waals surface area (Å²) in [6.45, 7) is 3.78. The Morgan fingerprint density at radius 2 is 2.10 bits per heavy atom. The van der Waals surface area contributed by atoms with Crippen LogP contribution in [0.1, 0.15) is 37.0 Å². The van der Waals surface area contributed by atoms with E-state index in [0.717, 1.165) is 12.8 Å². The lowest BCUT2D eigenvalue weighted by Crippen LogP contribution is -2.20. The molecule has 0 radical (unpaired) electrons. The second-order valence-electron chi connectivity index (χ2n) is 4.84. The molecule has 8 heteroatoms. The predicted octanol–water partition coefficient (Wildman–Crippen LogP) is 1.74. The van der Waals surface area contributed by atoms with Gasteiger partial charge in [-0.2, -0.15) is 0 Å². The van der Waals surface area contributed by atoms with Crippen molar-refractivity contribution in [1.29, 1.82) is 0 Å². The molecule has 110 valence electrons. The maximum Gasteiger partial charge on any atom is 0.273 e. The molecule has 0 spiro atoms. The van der Waals surface area contributed by atoms with Crippen LogP contribution in [0.3, 0.4) is 0 Å². The van der Waals surface area contributed by atoms with Gasteiger partial charge in [0, 0.05) is 17.3 Å². The lowest BCUT2D eigenvalue weighted by Gasteiger charge is -2.12. The van der Waals surface area contributed by atoms with Crippen molar-refractivity contribution in [3.63, 3.8) is 0 Å². The Bertz CT molecular complexity index is 660. The third-order valence-electron chi connectivity index (χ3n) is 2.91. The van der Waals surface area contributed by atoms with Gasteiger partial charge in [0.05, 0.1) is 0 Å². The molecule has 0 aliphatic heterocycles. The quantitative estimate of drug-likeness (QED) is 0.879. The highest BCUT2D eigenvalue weighted by molar-refractivity contribution is 7.89. The van der Waals surface area contributed by atoms with E-state index in [1.807, 2.05) is 25.3 Å². The van der Waals surface area contributed by atoms with Crippen LogP contribution in [0.15, 0.2) is 22.7 Å². The number of aromatic nitrogens is 3. The molecule has 2 heterocycles. The van der Waals surface area contributed by atoms with Crippen LogP contribution in [-0.4, -0.2) is 23.2 Å². The molecule has 2 aromatic rings. The Kier molecular flexibility index (Phi) is 4.56. The highest BCUT2D eigenvalue weighted by Gasteiger charge is 2.22. The molecule has 0 aliphatic rings. The van der Waals surface area contributed by atoms with Crippen LogP contribution in [0.4, 0.5) is 0 Å². The summed E-state index contributed by atoms with van der Waals surface area (Å²) in [5.41, 5.74) is 0. The number of thiophene rings is 1. The first-order valence-electron chi connectivity index (χ1n) is 6.38. The third kappa shape index (κ3) is 3.44. The van der Waals surface area contributed by atoms with Gasteiger partial charge < -0.3 is 0 Å². The van der Waals surface area contributed by atoms with Crippen molar-refractivity contribution in [3.05, 3.63) is 28.2 Å². The Labute approximate surface area is 122 Å². The van der Waals surface area contributed by atoms with E-state index in [-0.39, 0.29) is 11.2 Å². The number of hydrogen-bond donors (Lipinski definition) is 1. The number of sulfonamides is 1. The summed E-state index contributed by atoms with van der Waals surface area (Å²) in [5, 5.41) is 14.8. The van der Waals surface area contributed by atoms with Gasteiger partial charge in [0.2, 0.25) is 0 Å². The molecule has 0 fully saturated rings. The number of primary sulfonamides is 1. The second kappa shape index (κ2) is 6.02. The first-order chi connectivity index (χ1) is 9.39. The van der Waals surface area contributed by atoms with Gasteiger partial charge in [0.25, 0.3) is 15.2 Å². The molecular formula is C12H18N4O2S2. The van der Waals surface area contributed by atoms with Gasteiger partial charge in [-0.1, -0.05) is 6.07 Å². The Hall–Kier alpha value is -1.25. The summed E-state index contributed by atoms with van der Waals surface area (Å²) < 4.78 is 24.6. The topological polar surface area (TPSA) is 90.9 Å². The molecule has 20 heavy (non-hydrogen) atoms. The highest BCUT2D eigenvalue weighted by Crippen LogP contribution is 2.17. The predicted molar refractivity (Wildman–Crippen MR) is 78.1 cm³/mol. The first kappa shape index (κ1) is 15.1. The molecule has 2 N–H and O–H groups in total. The van der Waals surface area contributed by atoms with Crippen LogP contribution in [0.5, 0.6) is 0 Å². The first-order valence-corrected chi connectivity index (χ1v) is 8.81. The molecule has 0 aromatic carbocycles. The Morgan fingerprint density at radius 3 is 2.65 bits per heavy atom. The maximum atomic E-state index is 11.5. The molecule has 2 rings (SSSR count). The molecule has 0 amide bonds. The molecule has 0 saturated carbocycles. The maximum absolute atomic E-state index is 11.5. The monoisotopic (exact) mass is 314 g/mol. The van der Waals surface area contributed by atoms with Gasteiger partial charge in [-0.3, -0.25) is 4.57 Å². The third-order valence-corrected chi connectivity index (χ3v) is 4.63. The van der Waals surface area contributed by atoms with Crippen LogP contribution in [0.2, 0.25) is 0 Å². The summed E-state index contributed by atoms with van der Waals surface area (Å²) in [4.78, 5) is 1.31. The van der Waals surface area contributed by atoms with E-state index >= 15 is 0 Å². The van der Waals surface area contributed by atoms with Crippen LogP contribution in [0, 0.1) is 0 Å². The van der Waals surface area contributed by atoms with E-state index in [1.165, 1.54) is 4.88 Å². The van der Waals surface area contributed by atoms with E-state index < -0.39 is 10.0 Å². The van der Waals surface area contributed by atoms with Gasteiger partial charge >= 0.3 is 0 Å². The van der Waals surface area contributed by atoms with Crippen LogP contribution in [0.25, 0.3) is 0 Å². The molecule has 0 aliphatic carbocycles. The zero-order valence-electron chi connectivity index (χ0n) is 11.5. The van der Waals surface area contributed by atoms with E-state index in [1.54, 1.807) is 15.9 Å². The molecule has 6 nitrogen and oxygen atoms in total. The average Bonchev–Trinajstić information content (AvgIpc) is 2.96. The zero-order valence-corrected chi connectivity index (χ0v) is 13.1. The largest absolute Gasteiger partial charge is 0.298 e. The fraction of sp³-hybridized carbons (Fsp3) is 0.500. The van der Waals surface area contributed by atoms with Gasteiger partial charge in [-0.15, -0.1) is 21.5 Å². The Balaban J connectivity index is 2.14.